The molecule has 12 nitrogen and oxygen atoms in total. The Kier molecular flexibility index (Phi) is 9.36. The van der Waals surface area contributed by atoms with E-state index in [2.05, 4.69) is 19.9 Å². The fourth-order valence-corrected chi connectivity index (χ4v) is 7.90. The van der Waals surface area contributed by atoms with Gasteiger partial charge in [0.1, 0.15) is 0 Å². The number of phenolic OH excluding ortho intramolecular Hbond substituents is 4. The lowest BCUT2D eigenvalue weighted by atomic mass is 10.0. The van der Waals surface area contributed by atoms with Crippen molar-refractivity contribution in [2.75, 3.05) is 28.4 Å². The zero-order chi connectivity index (χ0) is 41.7. The van der Waals surface area contributed by atoms with Crippen molar-refractivity contribution in [3.8, 4) is 46.0 Å². The van der Waals surface area contributed by atoms with Crippen molar-refractivity contribution in [3.63, 3.8) is 0 Å². The number of aromatic nitrogens is 4. The van der Waals surface area contributed by atoms with Gasteiger partial charge in [0.05, 0.1) is 28.4 Å². The van der Waals surface area contributed by atoms with Crippen LogP contribution < -0.4 is 40.3 Å². The quantitative estimate of drug-likeness (QED) is 0.104. The third-order valence-electron chi connectivity index (χ3n) is 10.8. The molecule has 0 spiro atoms. The third kappa shape index (κ3) is 6.45. The average Bonchev–Trinajstić information content (AvgIpc) is 4.11. The molecule has 9 rings (SSSR count). The molecule has 0 saturated heterocycles. The summed E-state index contributed by atoms with van der Waals surface area (Å²) >= 11 is 0. The van der Waals surface area contributed by atoms with E-state index >= 15 is 0 Å². The molecule has 60 heavy (non-hydrogen) atoms. The number of hydrogen-bond acceptors (Lipinski definition) is 8. The smallest absolute Gasteiger partial charge is 0.161 e. The highest BCUT2D eigenvalue weighted by molar-refractivity contribution is 5.86. The van der Waals surface area contributed by atoms with Gasteiger partial charge in [-0.05, 0) is 119 Å². The largest absolute Gasteiger partial charge is 0.504 e. The zero-order valence-corrected chi connectivity index (χ0v) is 33.0. The number of hydrogen-bond donors (Lipinski definition) is 8. The van der Waals surface area contributed by atoms with Gasteiger partial charge in [-0.3, -0.25) is 0 Å². The second-order valence-electron chi connectivity index (χ2n) is 14.2. The van der Waals surface area contributed by atoms with Gasteiger partial charge in [0.2, 0.25) is 0 Å². The van der Waals surface area contributed by atoms with E-state index in [9.17, 15) is 20.4 Å². The van der Waals surface area contributed by atoms with Gasteiger partial charge in [-0.1, -0.05) is 24.3 Å². The number of phenols is 4. The molecule has 12 heteroatoms. The van der Waals surface area contributed by atoms with E-state index in [1.165, 1.54) is 28.4 Å². The predicted octanol–water partition coefficient (Wildman–Crippen LogP) is 5.16. The second-order valence-corrected chi connectivity index (χ2v) is 14.2. The molecule has 1 aliphatic heterocycles. The van der Waals surface area contributed by atoms with E-state index in [0.29, 0.717) is 23.0 Å². The number of ether oxygens (including phenoxy) is 4. The van der Waals surface area contributed by atoms with Gasteiger partial charge in [-0.15, -0.1) is 0 Å². The first-order chi connectivity index (χ1) is 29.2. The lowest BCUT2D eigenvalue weighted by molar-refractivity contribution is 0.373. The SMILES string of the molecule is COc1cc(C2=c3ccc([nH]3)=C(c3ccc(O)c(OC)c3)c3ccc([nH]3)C(c3ccc(O)c(OC)c3)=c3ccc([nH]3)=C(c3ccc(O)c(OC)c3)c3ccc2[nH]3)ccc1O. The molecule has 5 heterocycles. The van der Waals surface area contributed by atoms with E-state index in [1.807, 2.05) is 72.8 Å². The van der Waals surface area contributed by atoms with Crippen molar-refractivity contribution in [2.24, 2.45) is 0 Å². The number of nitrogens with one attached hydrogen (secondary N) is 4. The monoisotopic (exact) mass is 800 g/mol. The highest BCUT2D eigenvalue weighted by Crippen LogP contribution is 2.36. The maximum atomic E-state index is 10.6. The predicted molar refractivity (Wildman–Crippen MR) is 227 cm³/mol. The Bertz CT molecular complexity index is 2800. The van der Waals surface area contributed by atoms with Crippen LogP contribution in [0, 0.1) is 0 Å². The highest BCUT2D eigenvalue weighted by Gasteiger charge is 2.21. The summed E-state index contributed by atoms with van der Waals surface area (Å²) < 4.78 is 22.2. The van der Waals surface area contributed by atoms with Crippen LogP contribution in [-0.2, 0) is 0 Å². The van der Waals surface area contributed by atoms with Gasteiger partial charge in [-0.25, -0.2) is 0 Å². The Morgan fingerprint density at radius 3 is 0.750 bits per heavy atom. The summed E-state index contributed by atoms with van der Waals surface area (Å²) in [5.41, 5.74) is 9.25. The molecular formula is C48H40N4O8. The standard InChI is InChI=1S/C48H40N4O8/c1-57-41-21-25(5-17-37(41)53)45-29-9-11-31(49-29)46(26-6-18-38(54)42(22-26)58-2)33-13-15-35(51-33)48(28-8-20-40(56)44(24-28)60-4)36-16-14-34(52-36)47(32-12-10-30(45)50-32)27-7-19-39(55)43(23-27)59-3/h5-24,49-56H,1-4H3. The van der Waals surface area contributed by atoms with E-state index in [1.54, 1.807) is 48.5 Å². The number of aromatic amines is 4. The molecule has 4 aromatic carbocycles. The Labute approximate surface area is 342 Å². The zero-order valence-electron chi connectivity index (χ0n) is 33.0. The average molecular weight is 801 g/mol. The minimum absolute atomic E-state index is 0.00946. The minimum atomic E-state index is 0.00946. The van der Waals surface area contributed by atoms with Gasteiger partial charge in [-0.2, -0.15) is 0 Å². The first-order valence-corrected chi connectivity index (χ1v) is 18.9. The maximum absolute atomic E-state index is 10.6. The molecular weight excluding hydrogens is 761 g/mol. The Balaban J connectivity index is 1.44. The fraction of sp³-hybridized carbons (Fsp3) is 0.0833. The van der Waals surface area contributed by atoms with Crippen LogP contribution in [0.25, 0.3) is 22.3 Å². The number of rotatable bonds is 8. The minimum Gasteiger partial charge on any atom is -0.504 e. The van der Waals surface area contributed by atoms with Crippen LogP contribution in [0.4, 0.5) is 0 Å². The molecule has 8 N–H and O–H groups in total. The van der Waals surface area contributed by atoms with Crippen molar-refractivity contribution >= 4 is 22.3 Å². The normalized spacial score (nSPS) is 12.5. The van der Waals surface area contributed by atoms with Crippen LogP contribution in [0.2, 0.25) is 0 Å². The van der Waals surface area contributed by atoms with Crippen molar-refractivity contribution in [1.29, 1.82) is 0 Å². The third-order valence-corrected chi connectivity index (χ3v) is 10.8. The summed E-state index contributed by atoms with van der Waals surface area (Å²) in [4.78, 5) is 14.8. The van der Waals surface area contributed by atoms with Crippen LogP contribution >= 0.6 is 0 Å². The number of H-pyrrole nitrogens is 4. The van der Waals surface area contributed by atoms with Crippen molar-refractivity contribution in [3.05, 3.63) is 188 Å². The molecule has 1 aliphatic rings. The van der Waals surface area contributed by atoms with E-state index in [4.69, 9.17) is 18.9 Å². The molecule has 0 unspecified atom stereocenters. The molecule has 300 valence electrons. The summed E-state index contributed by atoms with van der Waals surface area (Å²) in [5, 5.41) is 45.5. The topological polar surface area (TPSA) is 181 Å². The van der Waals surface area contributed by atoms with Gasteiger partial charge in [0.25, 0.3) is 0 Å². The molecule has 0 fully saturated rings. The molecule has 8 bridgehead atoms. The molecule has 0 radical (unpaired) electrons. The summed E-state index contributed by atoms with van der Waals surface area (Å²) in [6, 6.07) is 36.9. The fourth-order valence-electron chi connectivity index (χ4n) is 7.90. The first-order valence-electron chi connectivity index (χ1n) is 18.9. The van der Waals surface area contributed by atoms with Crippen LogP contribution in [0.1, 0.15) is 45.0 Å². The summed E-state index contributed by atoms with van der Waals surface area (Å²) in [6.45, 7) is 0. The number of benzene rings is 4. The second kappa shape index (κ2) is 15.0. The maximum Gasteiger partial charge on any atom is 0.161 e. The summed E-state index contributed by atoms with van der Waals surface area (Å²) in [6.07, 6.45) is 0. The Morgan fingerprint density at radius 1 is 0.300 bits per heavy atom. The van der Waals surface area contributed by atoms with Crippen molar-refractivity contribution < 1.29 is 39.4 Å². The lowest BCUT2D eigenvalue weighted by Crippen LogP contribution is -2.19. The van der Waals surface area contributed by atoms with E-state index in [-0.39, 0.29) is 23.0 Å². The van der Waals surface area contributed by atoms with Crippen LogP contribution in [0.5, 0.6) is 46.0 Å². The van der Waals surface area contributed by atoms with Gasteiger partial charge in [0, 0.05) is 66.5 Å². The summed E-state index contributed by atoms with van der Waals surface area (Å²) in [5.74, 6) is 1.29. The van der Waals surface area contributed by atoms with Gasteiger partial charge >= 0.3 is 0 Å². The number of fused-ring (bicyclic) bond motifs is 8. The highest BCUT2D eigenvalue weighted by atomic mass is 16.5. The Hall–Kier alpha value is -8.12. The molecule has 0 aliphatic carbocycles. The lowest BCUT2D eigenvalue weighted by Gasteiger charge is -2.12. The summed E-state index contributed by atoms with van der Waals surface area (Å²) in [7, 11) is 6.05. The van der Waals surface area contributed by atoms with Crippen molar-refractivity contribution in [1.82, 2.24) is 19.9 Å². The molecule has 0 saturated carbocycles. The van der Waals surface area contributed by atoms with Crippen LogP contribution in [0.15, 0.2) is 121 Å². The van der Waals surface area contributed by atoms with Crippen LogP contribution in [0.3, 0.4) is 0 Å². The van der Waals surface area contributed by atoms with E-state index < -0.39 is 0 Å². The van der Waals surface area contributed by atoms with E-state index in [0.717, 1.165) is 88.7 Å². The van der Waals surface area contributed by atoms with Gasteiger partial charge in [0.15, 0.2) is 46.0 Å². The molecule has 0 amide bonds. The van der Waals surface area contributed by atoms with Crippen LogP contribution in [-0.4, -0.2) is 68.8 Å². The van der Waals surface area contributed by atoms with Crippen molar-refractivity contribution in [2.45, 2.75) is 0 Å². The molecule has 8 aromatic rings. The molecule has 4 aromatic heterocycles. The number of methoxy groups -OCH3 is 4. The van der Waals surface area contributed by atoms with Gasteiger partial charge < -0.3 is 59.3 Å². The first kappa shape index (κ1) is 37.5. The number of aromatic hydroxyl groups is 4. The molecule has 0 atom stereocenters. The Morgan fingerprint density at radius 2 is 0.533 bits per heavy atom.